The number of carbonyl (C=O) groups excluding carboxylic acids is 4. The molecule has 1 aromatic rings. The maximum absolute atomic E-state index is 14.6. The highest BCUT2D eigenvalue weighted by Crippen LogP contribution is 2.23. The second kappa shape index (κ2) is 11.6. The maximum Gasteiger partial charge on any atom is 0.257 e. The van der Waals surface area contributed by atoms with E-state index in [1.54, 1.807) is 26.0 Å². The van der Waals surface area contributed by atoms with Crippen LogP contribution in [0.2, 0.25) is 0 Å². The zero-order valence-electron chi connectivity index (χ0n) is 21.1. The fourth-order valence-electron chi connectivity index (χ4n) is 4.62. The zero-order valence-corrected chi connectivity index (χ0v) is 21.1. The number of hydrogen-bond donors (Lipinski definition) is 2. The van der Waals surface area contributed by atoms with E-state index in [1.165, 1.54) is 15.9 Å². The van der Waals surface area contributed by atoms with Crippen LogP contribution in [0, 0.1) is 17.7 Å². The Morgan fingerprint density at radius 1 is 1.11 bits per heavy atom. The van der Waals surface area contributed by atoms with Crippen LogP contribution in [0.25, 0.3) is 0 Å². The third-order valence-corrected chi connectivity index (χ3v) is 6.73. The highest BCUT2D eigenvalue weighted by atomic mass is 19.1. The van der Waals surface area contributed by atoms with Gasteiger partial charge in [0.1, 0.15) is 11.9 Å². The first-order valence-electron chi connectivity index (χ1n) is 12.5. The maximum atomic E-state index is 14.6. The molecule has 2 heterocycles. The number of amides is 4. The number of rotatable bonds is 2. The minimum atomic E-state index is -0.708. The highest BCUT2D eigenvalue weighted by Gasteiger charge is 2.37. The van der Waals surface area contributed by atoms with Gasteiger partial charge in [0.25, 0.3) is 5.91 Å². The molecule has 3 rings (SSSR count). The summed E-state index contributed by atoms with van der Waals surface area (Å²) < 4.78 is 14.6. The lowest BCUT2D eigenvalue weighted by atomic mass is 10.0. The summed E-state index contributed by atoms with van der Waals surface area (Å²) in [6.07, 6.45) is 2.29. The molecule has 2 bridgehead atoms. The van der Waals surface area contributed by atoms with Crippen molar-refractivity contribution >= 4 is 23.6 Å². The molecule has 2 aliphatic rings. The monoisotopic (exact) mass is 488 g/mol. The van der Waals surface area contributed by atoms with E-state index >= 15 is 0 Å². The van der Waals surface area contributed by atoms with Crippen LogP contribution in [0.3, 0.4) is 0 Å². The molecular weight excluding hydrogens is 451 g/mol. The van der Waals surface area contributed by atoms with Crippen molar-refractivity contribution in [3.63, 3.8) is 0 Å². The van der Waals surface area contributed by atoms with E-state index in [1.807, 2.05) is 13.8 Å². The Balaban J connectivity index is 1.93. The fraction of sp³-hybridized carbons (Fsp3) is 0.615. The summed E-state index contributed by atoms with van der Waals surface area (Å²) >= 11 is 0. The molecule has 1 aromatic carbocycles. The third kappa shape index (κ3) is 6.58. The SMILES string of the molecule is CC(C)C(=O)N1CC(=O)NCCCc2ccc(F)c(c2)C(=O)N2CCC[C@H]2C(=O)N[C@H](C(C)C)C1. The summed E-state index contributed by atoms with van der Waals surface area (Å²) in [5.41, 5.74) is 0.745. The number of benzene rings is 1. The number of fused-ring (bicyclic) bond motifs is 3. The van der Waals surface area contributed by atoms with Crippen molar-refractivity contribution in [2.45, 2.75) is 65.5 Å². The lowest BCUT2D eigenvalue weighted by molar-refractivity contribution is -0.139. The molecule has 0 saturated carbocycles. The average Bonchev–Trinajstić information content (AvgIpc) is 3.30. The fourth-order valence-corrected chi connectivity index (χ4v) is 4.62. The van der Waals surface area contributed by atoms with E-state index in [2.05, 4.69) is 10.6 Å². The van der Waals surface area contributed by atoms with Gasteiger partial charge in [-0.1, -0.05) is 33.8 Å². The van der Waals surface area contributed by atoms with Crippen molar-refractivity contribution < 1.29 is 23.6 Å². The standard InChI is InChI=1S/C26H37FN4O4/c1-16(2)21-14-30(25(34)17(3)4)15-23(32)28-11-5-7-18-9-10-20(27)19(13-18)26(35)31-12-6-8-22(31)24(33)29-21/h9-10,13,16-17,21-22H,5-8,11-12,14-15H2,1-4H3,(H,28,32)(H,29,33)/t21-,22-/m0/s1. The van der Waals surface area contributed by atoms with E-state index in [9.17, 15) is 23.6 Å². The van der Waals surface area contributed by atoms with Crippen LogP contribution in [0.4, 0.5) is 4.39 Å². The van der Waals surface area contributed by atoms with Gasteiger partial charge in [0, 0.05) is 31.6 Å². The van der Waals surface area contributed by atoms with E-state index in [0.717, 1.165) is 5.56 Å². The van der Waals surface area contributed by atoms with Crippen LogP contribution in [-0.4, -0.2) is 71.7 Å². The quantitative estimate of drug-likeness (QED) is 0.666. The van der Waals surface area contributed by atoms with Gasteiger partial charge < -0.3 is 20.4 Å². The molecule has 0 aliphatic carbocycles. The zero-order chi connectivity index (χ0) is 25.7. The molecule has 9 heteroatoms. The summed E-state index contributed by atoms with van der Waals surface area (Å²) in [5, 5.41) is 5.85. The van der Waals surface area contributed by atoms with Gasteiger partial charge in [-0.3, -0.25) is 19.2 Å². The Hall–Kier alpha value is -2.97. The lowest BCUT2D eigenvalue weighted by Crippen LogP contribution is -2.55. The first kappa shape index (κ1) is 26.6. The molecule has 0 spiro atoms. The normalized spacial score (nSPS) is 22.7. The van der Waals surface area contributed by atoms with Gasteiger partial charge in [0.2, 0.25) is 17.7 Å². The molecule has 192 valence electrons. The average molecular weight is 489 g/mol. The van der Waals surface area contributed by atoms with Crippen LogP contribution < -0.4 is 10.6 Å². The highest BCUT2D eigenvalue weighted by molar-refractivity contribution is 5.98. The summed E-state index contributed by atoms with van der Waals surface area (Å²) in [4.78, 5) is 55.0. The molecule has 1 fully saturated rings. The number of hydrogen-bond acceptors (Lipinski definition) is 4. The Morgan fingerprint density at radius 2 is 1.86 bits per heavy atom. The van der Waals surface area contributed by atoms with Crippen LogP contribution in [-0.2, 0) is 20.8 Å². The summed E-state index contributed by atoms with van der Waals surface area (Å²) in [7, 11) is 0. The molecule has 2 N–H and O–H groups in total. The van der Waals surface area contributed by atoms with Gasteiger partial charge in [-0.2, -0.15) is 0 Å². The van der Waals surface area contributed by atoms with Crippen molar-refractivity contribution in [3.05, 3.63) is 35.1 Å². The predicted octanol–water partition coefficient (Wildman–Crippen LogP) is 2.12. The van der Waals surface area contributed by atoms with Crippen molar-refractivity contribution in [1.82, 2.24) is 20.4 Å². The van der Waals surface area contributed by atoms with Gasteiger partial charge in [0.15, 0.2) is 0 Å². The Bertz CT molecular complexity index is 965. The van der Waals surface area contributed by atoms with E-state index < -0.39 is 23.8 Å². The smallest absolute Gasteiger partial charge is 0.257 e. The number of nitrogens with zero attached hydrogens (tertiary/aromatic N) is 2. The van der Waals surface area contributed by atoms with Crippen LogP contribution in [0.5, 0.6) is 0 Å². The van der Waals surface area contributed by atoms with Gasteiger partial charge in [0.05, 0.1) is 12.1 Å². The van der Waals surface area contributed by atoms with Crippen LogP contribution in [0.15, 0.2) is 18.2 Å². The summed E-state index contributed by atoms with van der Waals surface area (Å²) in [6.45, 7) is 8.29. The molecule has 8 nitrogen and oxygen atoms in total. The number of aryl methyl sites for hydroxylation is 1. The molecule has 1 saturated heterocycles. The molecule has 0 radical (unpaired) electrons. The Labute approximate surface area is 206 Å². The predicted molar refractivity (Wildman–Crippen MR) is 130 cm³/mol. The second-order valence-corrected chi connectivity index (χ2v) is 10.2. The van der Waals surface area contributed by atoms with Crippen LogP contribution in [0.1, 0.15) is 62.9 Å². The lowest BCUT2D eigenvalue weighted by Gasteiger charge is -2.33. The Kier molecular flexibility index (Phi) is 8.86. The van der Waals surface area contributed by atoms with Gasteiger partial charge >= 0.3 is 0 Å². The van der Waals surface area contributed by atoms with E-state index in [0.29, 0.717) is 38.8 Å². The topological polar surface area (TPSA) is 98.8 Å². The van der Waals surface area contributed by atoms with E-state index in [-0.39, 0.29) is 48.2 Å². The van der Waals surface area contributed by atoms with E-state index in [4.69, 9.17) is 0 Å². The number of nitrogens with one attached hydrogen (secondary N) is 2. The third-order valence-electron chi connectivity index (χ3n) is 6.73. The van der Waals surface area contributed by atoms with Gasteiger partial charge in [-0.25, -0.2) is 4.39 Å². The summed E-state index contributed by atoms with van der Waals surface area (Å²) in [6, 6.07) is 3.34. The minimum absolute atomic E-state index is 0.0220. The molecule has 35 heavy (non-hydrogen) atoms. The number of halogens is 1. The van der Waals surface area contributed by atoms with Crippen molar-refractivity contribution in [3.8, 4) is 0 Å². The number of carbonyl (C=O) groups is 4. The van der Waals surface area contributed by atoms with Gasteiger partial charge in [-0.05, 0) is 49.3 Å². The second-order valence-electron chi connectivity index (χ2n) is 10.2. The molecule has 2 aliphatic heterocycles. The largest absolute Gasteiger partial charge is 0.355 e. The first-order chi connectivity index (χ1) is 16.6. The first-order valence-corrected chi connectivity index (χ1v) is 12.5. The van der Waals surface area contributed by atoms with Gasteiger partial charge in [-0.15, -0.1) is 0 Å². The Morgan fingerprint density at radius 3 is 2.54 bits per heavy atom. The molecule has 4 amide bonds. The van der Waals surface area contributed by atoms with Crippen molar-refractivity contribution in [2.24, 2.45) is 11.8 Å². The minimum Gasteiger partial charge on any atom is -0.355 e. The van der Waals surface area contributed by atoms with Crippen LogP contribution >= 0.6 is 0 Å². The molecular formula is C26H37FN4O4. The van der Waals surface area contributed by atoms with Crippen molar-refractivity contribution in [1.29, 1.82) is 0 Å². The summed E-state index contributed by atoms with van der Waals surface area (Å²) in [5.74, 6) is -2.18. The van der Waals surface area contributed by atoms with Crippen molar-refractivity contribution in [2.75, 3.05) is 26.2 Å². The molecule has 0 aromatic heterocycles. The molecule has 2 atom stereocenters. The molecule has 0 unspecified atom stereocenters.